The van der Waals surface area contributed by atoms with Crippen molar-refractivity contribution in [1.29, 1.82) is 5.26 Å². The van der Waals surface area contributed by atoms with Gasteiger partial charge in [0.25, 0.3) is 0 Å². The van der Waals surface area contributed by atoms with Crippen LogP contribution >= 0.6 is 27.5 Å². The van der Waals surface area contributed by atoms with Crippen molar-refractivity contribution in [2.75, 3.05) is 13.2 Å². The Labute approximate surface area is 143 Å². The molecule has 0 fully saturated rings. The van der Waals surface area contributed by atoms with Gasteiger partial charge in [0.15, 0.2) is 5.75 Å². The maximum absolute atomic E-state index is 9.11. The third kappa shape index (κ3) is 4.40. The molecule has 0 aliphatic carbocycles. The summed E-state index contributed by atoms with van der Waals surface area (Å²) in [5.41, 5.74) is 1.67. The standard InChI is InChI=1S/C17H15BrClNO2/c1-2-12-3-5-15(6-4-12)21-7-8-22-17-13(11-20)9-14(19)10-16(17)18/h3-6,9-10H,2,7-8H2,1H3. The van der Waals surface area contributed by atoms with Crippen molar-refractivity contribution in [2.24, 2.45) is 0 Å². The van der Waals surface area contributed by atoms with Crippen LogP contribution in [0.25, 0.3) is 0 Å². The maximum atomic E-state index is 9.11. The lowest BCUT2D eigenvalue weighted by Gasteiger charge is -2.11. The number of hydrogen-bond acceptors (Lipinski definition) is 3. The highest BCUT2D eigenvalue weighted by atomic mass is 79.9. The number of nitriles is 1. The summed E-state index contributed by atoms with van der Waals surface area (Å²) in [4.78, 5) is 0. The van der Waals surface area contributed by atoms with E-state index in [1.54, 1.807) is 12.1 Å². The van der Waals surface area contributed by atoms with Gasteiger partial charge in [-0.1, -0.05) is 30.7 Å². The molecular formula is C17H15BrClNO2. The van der Waals surface area contributed by atoms with Crippen LogP contribution in [0.15, 0.2) is 40.9 Å². The van der Waals surface area contributed by atoms with E-state index in [1.807, 2.05) is 24.3 Å². The Hall–Kier alpha value is -1.70. The molecule has 0 amide bonds. The molecule has 0 radical (unpaired) electrons. The minimum absolute atomic E-state index is 0.338. The molecule has 0 aromatic heterocycles. The van der Waals surface area contributed by atoms with Gasteiger partial charge in [0.05, 0.1) is 10.0 Å². The van der Waals surface area contributed by atoms with Crippen LogP contribution < -0.4 is 9.47 Å². The average molecular weight is 381 g/mol. The van der Waals surface area contributed by atoms with Crippen LogP contribution in [-0.4, -0.2) is 13.2 Å². The van der Waals surface area contributed by atoms with Gasteiger partial charge >= 0.3 is 0 Å². The Balaban J connectivity index is 1.90. The summed E-state index contributed by atoms with van der Waals surface area (Å²) in [6, 6.07) is 13.3. The second kappa shape index (κ2) is 8.07. The Morgan fingerprint density at radius 1 is 1.14 bits per heavy atom. The molecule has 0 bridgehead atoms. The zero-order valence-electron chi connectivity index (χ0n) is 12.1. The fourth-order valence-electron chi connectivity index (χ4n) is 1.91. The molecule has 0 aliphatic rings. The number of ether oxygens (including phenoxy) is 2. The summed E-state index contributed by atoms with van der Waals surface area (Å²) >= 11 is 9.26. The summed E-state index contributed by atoms with van der Waals surface area (Å²) in [6.45, 7) is 2.84. The monoisotopic (exact) mass is 379 g/mol. The number of hydrogen-bond donors (Lipinski definition) is 0. The molecule has 0 atom stereocenters. The van der Waals surface area contributed by atoms with Crippen molar-refractivity contribution in [2.45, 2.75) is 13.3 Å². The van der Waals surface area contributed by atoms with E-state index in [9.17, 15) is 0 Å². The molecule has 2 aromatic rings. The van der Waals surface area contributed by atoms with Crippen molar-refractivity contribution >= 4 is 27.5 Å². The van der Waals surface area contributed by atoms with Gasteiger partial charge < -0.3 is 9.47 Å². The molecule has 0 spiro atoms. The number of halogens is 2. The minimum atomic E-state index is 0.338. The summed E-state index contributed by atoms with van der Waals surface area (Å²) in [6.07, 6.45) is 1.00. The van der Waals surface area contributed by atoms with Crippen LogP contribution in [0.2, 0.25) is 5.02 Å². The van der Waals surface area contributed by atoms with Crippen molar-refractivity contribution < 1.29 is 9.47 Å². The van der Waals surface area contributed by atoms with Crippen molar-refractivity contribution in [3.05, 3.63) is 57.0 Å². The van der Waals surface area contributed by atoms with Crippen LogP contribution in [0.3, 0.4) is 0 Å². The average Bonchev–Trinajstić information content (AvgIpc) is 2.53. The zero-order chi connectivity index (χ0) is 15.9. The van der Waals surface area contributed by atoms with Crippen LogP contribution in [0.1, 0.15) is 18.1 Å². The summed E-state index contributed by atoms with van der Waals surface area (Å²) in [7, 11) is 0. The minimum Gasteiger partial charge on any atom is -0.490 e. The van der Waals surface area contributed by atoms with Gasteiger partial charge in [0.1, 0.15) is 25.0 Å². The van der Waals surface area contributed by atoms with Gasteiger partial charge in [0.2, 0.25) is 0 Å². The smallest absolute Gasteiger partial charge is 0.151 e. The Morgan fingerprint density at radius 2 is 1.82 bits per heavy atom. The molecule has 0 unspecified atom stereocenters. The molecule has 114 valence electrons. The lowest BCUT2D eigenvalue weighted by molar-refractivity contribution is 0.216. The van der Waals surface area contributed by atoms with E-state index in [1.165, 1.54) is 5.56 Å². The van der Waals surface area contributed by atoms with E-state index >= 15 is 0 Å². The SMILES string of the molecule is CCc1ccc(OCCOc2c(Br)cc(Cl)cc2C#N)cc1. The summed E-state index contributed by atoms with van der Waals surface area (Å²) in [5, 5.41) is 9.60. The third-order valence-electron chi connectivity index (χ3n) is 3.06. The number of benzene rings is 2. The summed E-state index contributed by atoms with van der Waals surface area (Å²) in [5.74, 6) is 1.29. The van der Waals surface area contributed by atoms with Gasteiger partial charge in [-0.15, -0.1) is 0 Å². The molecule has 0 N–H and O–H groups in total. The molecule has 0 saturated carbocycles. The number of rotatable bonds is 6. The van der Waals surface area contributed by atoms with E-state index in [-0.39, 0.29) is 0 Å². The molecule has 0 heterocycles. The van der Waals surface area contributed by atoms with Gasteiger partial charge in [-0.2, -0.15) is 5.26 Å². The molecule has 2 aromatic carbocycles. The zero-order valence-corrected chi connectivity index (χ0v) is 14.4. The second-order valence-electron chi connectivity index (χ2n) is 4.57. The lowest BCUT2D eigenvalue weighted by Crippen LogP contribution is -2.10. The maximum Gasteiger partial charge on any atom is 0.151 e. The van der Waals surface area contributed by atoms with Crippen LogP contribution in [0, 0.1) is 11.3 Å². The first kappa shape index (κ1) is 16.7. The third-order valence-corrected chi connectivity index (χ3v) is 3.87. The van der Waals surface area contributed by atoms with E-state index in [0.29, 0.717) is 34.0 Å². The number of aryl methyl sites for hydroxylation is 1. The summed E-state index contributed by atoms with van der Waals surface area (Å²) < 4.78 is 11.9. The molecule has 0 aliphatic heterocycles. The second-order valence-corrected chi connectivity index (χ2v) is 5.86. The van der Waals surface area contributed by atoms with Crippen molar-refractivity contribution in [1.82, 2.24) is 0 Å². The first-order valence-corrected chi connectivity index (χ1v) is 8.04. The Bertz CT molecular complexity index is 680. The Kier molecular flexibility index (Phi) is 6.11. The van der Waals surface area contributed by atoms with Crippen LogP contribution in [-0.2, 0) is 6.42 Å². The van der Waals surface area contributed by atoms with E-state index in [0.717, 1.165) is 12.2 Å². The van der Waals surface area contributed by atoms with Crippen LogP contribution in [0.5, 0.6) is 11.5 Å². The van der Waals surface area contributed by atoms with Crippen molar-refractivity contribution in [3.63, 3.8) is 0 Å². The molecule has 3 nitrogen and oxygen atoms in total. The lowest BCUT2D eigenvalue weighted by atomic mass is 10.2. The predicted octanol–water partition coefficient (Wildman–Crippen LogP) is 4.99. The molecule has 22 heavy (non-hydrogen) atoms. The molecule has 2 rings (SSSR count). The van der Waals surface area contributed by atoms with Gasteiger partial charge in [-0.05, 0) is 52.2 Å². The fraction of sp³-hybridized carbons (Fsp3) is 0.235. The van der Waals surface area contributed by atoms with Gasteiger partial charge in [-0.3, -0.25) is 0 Å². The van der Waals surface area contributed by atoms with E-state index in [4.69, 9.17) is 26.3 Å². The van der Waals surface area contributed by atoms with Gasteiger partial charge in [-0.25, -0.2) is 0 Å². The highest BCUT2D eigenvalue weighted by Crippen LogP contribution is 2.32. The van der Waals surface area contributed by atoms with E-state index in [2.05, 4.69) is 28.9 Å². The highest BCUT2D eigenvalue weighted by Gasteiger charge is 2.10. The quantitative estimate of drug-likeness (QED) is 0.663. The topological polar surface area (TPSA) is 42.2 Å². The normalized spacial score (nSPS) is 10.1. The first-order valence-electron chi connectivity index (χ1n) is 6.87. The van der Waals surface area contributed by atoms with E-state index < -0.39 is 0 Å². The van der Waals surface area contributed by atoms with Crippen molar-refractivity contribution in [3.8, 4) is 17.6 Å². The molecular weight excluding hydrogens is 366 g/mol. The van der Waals surface area contributed by atoms with Crippen LogP contribution in [0.4, 0.5) is 0 Å². The van der Waals surface area contributed by atoms with Gasteiger partial charge in [0, 0.05) is 5.02 Å². The Morgan fingerprint density at radius 3 is 2.45 bits per heavy atom. The largest absolute Gasteiger partial charge is 0.490 e. The first-order chi connectivity index (χ1) is 10.6. The number of nitrogens with zero attached hydrogens (tertiary/aromatic N) is 1. The molecule has 0 saturated heterocycles. The fourth-order valence-corrected chi connectivity index (χ4v) is 2.84. The highest BCUT2D eigenvalue weighted by molar-refractivity contribution is 9.10. The molecule has 5 heteroatoms. The predicted molar refractivity (Wildman–Crippen MR) is 90.7 cm³/mol.